The third kappa shape index (κ3) is 5.79. The number of nitrogens with one attached hydrogen (secondary N) is 1. The zero-order chi connectivity index (χ0) is 24.8. The molecule has 0 fully saturated rings. The minimum Gasteiger partial charge on any atom is -0.494 e. The fourth-order valence-electron chi connectivity index (χ4n) is 3.44. The molecule has 4 aromatic rings. The molecule has 35 heavy (non-hydrogen) atoms. The Kier molecular flexibility index (Phi) is 7.64. The Morgan fingerprint density at radius 2 is 1.80 bits per heavy atom. The van der Waals surface area contributed by atoms with Crippen LogP contribution in [-0.4, -0.2) is 39.2 Å². The number of methoxy groups -OCH3 is 1. The van der Waals surface area contributed by atoms with E-state index in [1.165, 1.54) is 23.5 Å². The summed E-state index contributed by atoms with van der Waals surface area (Å²) in [4.78, 5) is 18.0. The van der Waals surface area contributed by atoms with Crippen LogP contribution in [0.2, 0.25) is 0 Å². The molecule has 0 aliphatic heterocycles. The molecule has 10 heteroatoms. The lowest BCUT2D eigenvalue weighted by molar-refractivity contribution is 0.0997. The Labute approximate surface area is 207 Å². The lowest BCUT2D eigenvalue weighted by Gasteiger charge is -2.08. The molecular formula is C25H25N3O5S2. The van der Waals surface area contributed by atoms with Gasteiger partial charge in [0, 0.05) is 24.9 Å². The van der Waals surface area contributed by atoms with Crippen molar-refractivity contribution in [2.45, 2.75) is 18.4 Å². The molecule has 4 rings (SSSR count). The number of nitrogens with zero attached hydrogens (tertiary/aromatic N) is 2. The Hall–Kier alpha value is -3.47. The van der Waals surface area contributed by atoms with Crippen LogP contribution in [-0.2, 0) is 21.3 Å². The van der Waals surface area contributed by atoms with Crippen molar-refractivity contribution < 1.29 is 22.7 Å². The first kappa shape index (κ1) is 24.6. The molecule has 1 heterocycles. The van der Waals surface area contributed by atoms with Crippen LogP contribution in [0.4, 0.5) is 5.69 Å². The second-order valence-electron chi connectivity index (χ2n) is 7.50. The number of carbonyl (C=O) groups excluding carboxylic acids is 1. The highest BCUT2D eigenvalue weighted by Gasteiger charge is 2.14. The number of benzene rings is 3. The van der Waals surface area contributed by atoms with Crippen LogP contribution in [0.15, 0.2) is 82.7 Å². The van der Waals surface area contributed by atoms with Gasteiger partial charge in [-0.2, -0.15) is 4.99 Å². The number of rotatable bonds is 9. The summed E-state index contributed by atoms with van der Waals surface area (Å²) < 4.78 is 41.3. The largest absolute Gasteiger partial charge is 0.494 e. The molecule has 182 valence electrons. The number of fused-ring (bicyclic) bond motifs is 1. The van der Waals surface area contributed by atoms with E-state index >= 15 is 0 Å². The van der Waals surface area contributed by atoms with Gasteiger partial charge in [0.2, 0.25) is 0 Å². The monoisotopic (exact) mass is 511 g/mol. The van der Waals surface area contributed by atoms with Gasteiger partial charge < -0.3 is 14.0 Å². The first-order valence-corrected chi connectivity index (χ1v) is 13.2. The summed E-state index contributed by atoms with van der Waals surface area (Å²) in [7, 11) is -2.09. The molecule has 0 radical (unpaired) electrons. The molecule has 0 unspecified atom stereocenters. The summed E-state index contributed by atoms with van der Waals surface area (Å²) in [6.07, 6.45) is 0. The van der Waals surface area contributed by atoms with E-state index in [1.807, 2.05) is 29.7 Å². The van der Waals surface area contributed by atoms with E-state index in [9.17, 15) is 13.2 Å². The minimum atomic E-state index is -3.71. The second kappa shape index (κ2) is 10.9. The van der Waals surface area contributed by atoms with Crippen molar-refractivity contribution in [3.63, 3.8) is 0 Å². The van der Waals surface area contributed by atoms with Crippen LogP contribution in [0.5, 0.6) is 5.75 Å². The van der Waals surface area contributed by atoms with E-state index < -0.39 is 15.9 Å². The molecule has 0 saturated carbocycles. The number of ether oxygens (including phenoxy) is 2. The van der Waals surface area contributed by atoms with Crippen molar-refractivity contribution in [1.29, 1.82) is 0 Å². The number of thiazole rings is 1. The Balaban J connectivity index is 1.61. The van der Waals surface area contributed by atoms with Crippen molar-refractivity contribution in [2.75, 3.05) is 25.0 Å². The summed E-state index contributed by atoms with van der Waals surface area (Å²) >= 11 is 1.39. The van der Waals surface area contributed by atoms with Crippen molar-refractivity contribution in [2.24, 2.45) is 4.99 Å². The molecular weight excluding hydrogens is 486 g/mol. The summed E-state index contributed by atoms with van der Waals surface area (Å²) in [6, 6.07) is 20.0. The van der Waals surface area contributed by atoms with Gasteiger partial charge in [0.15, 0.2) is 4.80 Å². The van der Waals surface area contributed by atoms with Crippen LogP contribution in [0.25, 0.3) is 10.2 Å². The molecule has 3 aromatic carbocycles. The number of amides is 1. The molecule has 8 nitrogen and oxygen atoms in total. The van der Waals surface area contributed by atoms with Gasteiger partial charge in [0.05, 0.1) is 28.3 Å². The number of hydrogen-bond acceptors (Lipinski definition) is 6. The summed E-state index contributed by atoms with van der Waals surface area (Å²) in [5.74, 6) is 0.330. The maximum absolute atomic E-state index is 12.9. The fraction of sp³-hybridized carbons (Fsp3) is 0.200. The molecule has 0 aliphatic carbocycles. The van der Waals surface area contributed by atoms with Gasteiger partial charge in [-0.25, -0.2) is 8.42 Å². The highest BCUT2D eigenvalue weighted by molar-refractivity contribution is 7.92. The van der Waals surface area contributed by atoms with E-state index in [2.05, 4.69) is 9.71 Å². The molecule has 1 N–H and O–H groups in total. The first-order valence-electron chi connectivity index (χ1n) is 10.9. The predicted molar refractivity (Wildman–Crippen MR) is 136 cm³/mol. The first-order chi connectivity index (χ1) is 16.9. The number of aromatic nitrogens is 1. The van der Waals surface area contributed by atoms with Gasteiger partial charge >= 0.3 is 0 Å². The Morgan fingerprint density at radius 3 is 2.49 bits per heavy atom. The van der Waals surface area contributed by atoms with Crippen LogP contribution in [0, 0.1) is 0 Å². The molecule has 0 bridgehead atoms. The lowest BCUT2D eigenvalue weighted by Crippen LogP contribution is -2.19. The highest BCUT2D eigenvalue weighted by atomic mass is 32.2. The van der Waals surface area contributed by atoms with Crippen LogP contribution in [0.3, 0.4) is 0 Å². The maximum Gasteiger partial charge on any atom is 0.279 e. The van der Waals surface area contributed by atoms with E-state index in [1.54, 1.807) is 49.6 Å². The topological polar surface area (TPSA) is 99.0 Å². The van der Waals surface area contributed by atoms with Crippen LogP contribution in [0.1, 0.15) is 17.3 Å². The lowest BCUT2D eigenvalue weighted by atomic mass is 10.2. The Bertz CT molecular complexity index is 1490. The average Bonchev–Trinajstić information content (AvgIpc) is 3.19. The molecule has 0 aliphatic rings. The summed E-state index contributed by atoms with van der Waals surface area (Å²) in [5, 5.41) is 0. The van der Waals surface area contributed by atoms with Gasteiger partial charge in [-0.1, -0.05) is 29.5 Å². The normalized spacial score (nSPS) is 12.1. The summed E-state index contributed by atoms with van der Waals surface area (Å²) in [5.41, 5.74) is 1.64. The maximum atomic E-state index is 12.9. The highest BCUT2D eigenvalue weighted by Crippen LogP contribution is 2.24. The van der Waals surface area contributed by atoms with E-state index in [-0.39, 0.29) is 4.90 Å². The van der Waals surface area contributed by atoms with Gasteiger partial charge in [-0.15, -0.1) is 0 Å². The van der Waals surface area contributed by atoms with Crippen molar-refractivity contribution >= 4 is 43.2 Å². The van der Waals surface area contributed by atoms with E-state index in [4.69, 9.17) is 9.47 Å². The molecule has 1 aromatic heterocycles. The minimum absolute atomic E-state index is 0.160. The third-order valence-corrected chi connectivity index (χ3v) is 7.56. The van der Waals surface area contributed by atoms with Crippen molar-refractivity contribution in [1.82, 2.24) is 4.57 Å². The fourth-order valence-corrected chi connectivity index (χ4v) is 5.60. The van der Waals surface area contributed by atoms with Gasteiger partial charge in [-0.3, -0.25) is 9.52 Å². The molecule has 0 saturated heterocycles. The quantitative estimate of drug-likeness (QED) is 0.361. The molecule has 1 amide bonds. The Morgan fingerprint density at radius 1 is 1.06 bits per heavy atom. The van der Waals surface area contributed by atoms with Crippen LogP contribution < -0.4 is 14.3 Å². The molecule has 0 spiro atoms. The molecule has 0 atom stereocenters. The summed E-state index contributed by atoms with van der Waals surface area (Å²) in [6.45, 7) is 3.50. The van der Waals surface area contributed by atoms with E-state index in [0.717, 1.165) is 16.0 Å². The van der Waals surface area contributed by atoms with Crippen LogP contribution >= 0.6 is 11.3 Å². The standard InChI is InChI=1S/C25H25N3O5S2/c1-3-33-20-13-14-22-23(17-20)34-25(28(22)15-16-32-2)26-24(29)18-9-11-19(12-10-18)27-35(30,31)21-7-5-4-6-8-21/h4-14,17,27H,3,15-16H2,1-2H3. The SMILES string of the molecule is CCOc1ccc2c(c1)sc(=NC(=O)c1ccc(NS(=O)(=O)c3ccccc3)cc1)n2CCOC. The number of anilines is 1. The van der Waals surface area contributed by atoms with Crippen molar-refractivity contribution in [3.05, 3.63) is 83.2 Å². The zero-order valence-electron chi connectivity index (χ0n) is 19.3. The predicted octanol–water partition coefficient (Wildman–Crippen LogP) is 4.29. The smallest absolute Gasteiger partial charge is 0.279 e. The van der Waals surface area contributed by atoms with Gasteiger partial charge in [0.25, 0.3) is 15.9 Å². The number of carbonyl (C=O) groups is 1. The third-order valence-electron chi connectivity index (χ3n) is 5.12. The second-order valence-corrected chi connectivity index (χ2v) is 10.2. The van der Waals surface area contributed by atoms with Gasteiger partial charge in [0.1, 0.15) is 5.75 Å². The van der Waals surface area contributed by atoms with E-state index in [0.29, 0.717) is 35.8 Å². The number of hydrogen-bond donors (Lipinski definition) is 1. The number of sulfonamides is 1. The van der Waals surface area contributed by atoms with Crippen molar-refractivity contribution in [3.8, 4) is 5.75 Å². The zero-order valence-corrected chi connectivity index (χ0v) is 20.9. The average molecular weight is 512 g/mol. The van der Waals surface area contributed by atoms with Gasteiger partial charge in [-0.05, 0) is 61.5 Å².